The average molecular weight is 291 g/mol. The van der Waals surface area contributed by atoms with Crippen LogP contribution in [0.5, 0.6) is 0 Å². The largest absolute Gasteiger partial charge is 0.354 e. The van der Waals surface area contributed by atoms with Crippen molar-refractivity contribution in [3.05, 3.63) is 21.8 Å². The van der Waals surface area contributed by atoms with Crippen LogP contribution in [0.3, 0.4) is 0 Å². The second-order valence-corrected chi connectivity index (χ2v) is 5.30. The zero-order valence-corrected chi connectivity index (χ0v) is 10.8. The minimum atomic E-state index is 0.231. The van der Waals surface area contributed by atoms with Crippen LogP contribution in [0.15, 0.2) is 16.7 Å². The molecular weight excluding hydrogens is 277 g/mol. The van der Waals surface area contributed by atoms with Gasteiger partial charge in [-0.1, -0.05) is 18.5 Å². The minimum Gasteiger partial charge on any atom is -0.354 e. The maximum atomic E-state index is 5.98. The lowest BCUT2D eigenvalue weighted by atomic mass is 10.1. The standard InChI is InChI=1S/C10H13BrClN3/c1-6-4-15(5-9(6)13)10-8(11)2-7(12)3-14-10/h2-3,6,9H,4-5,13H2,1H3. The predicted molar refractivity (Wildman–Crippen MR) is 66.3 cm³/mol. The Balaban J connectivity index is 2.24. The SMILES string of the molecule is CC1CN(c2ncc(Cl)cc2Br)CC1N. The van der Waals surface area contributed by atoms with E-state index in [2.05, 4.69) is 32.7 Å². The van der Waals surface area contributed by atoms with Crippen molar-refractivity contribution in [3.63, 3.8) is 0 Å². The normalized spacial score (nSPS) is 26.0. The molecule has 5 heteroatoms. The zero-order valence-electron chi connectivity index (χ0n) is 8.45. The van der Waals surface area contributed by atoms with E-state index in [9.17, 15) is 0 Å². The Bertz CT molecular complexity index is 362. The molecular formula is C10H13BrClN3. The average Bonchev–Trinajstić information content (AvgIpc) is 2.46. The highest BCUT2D eigenvalue weighted by molar-refractivity contribution is 9.10. The summed E-state index contributed by atoms with van der Waals surface area (Å²) in [5.41, 5.74) is 5.98. The van der Waals surface area contributed by atoms with Crippen molar-refractivity contribution >= 4 is 33.3 Å². The van der Waals surface area contributed by atoms with Gasteiger partial charge in [0.05, 0.1) is 9.50 Å². The fourth-order valence-corrected chi connectivity index (χ4v) is 2.69. The molecule has 0 amide bonds. The lowest BCUT2D eigenvalue weighted by Crippen LogP contribution is -2.28. The molecule has 1 aromatic rings. The van der Waals surface area contributed by atoms with Crippen molar-refractivity contribution < 1.29 is 0 Å². The quantitative estimate of drug-likeness (QED) is 0.863. The van der Waals surface area contributed by atoms with Gasteiger partial charge in [-0.3, -0.25) is 0 Å². The van der Waals surface area contributed by atoms with E-state index in [-0.39, 0.29) is 6.04 Å². The third kappa shape index (κ3) is 2.27. The third-order valence-corrected chi connectivity index (χ3v) is 3.55. The number of halogens is 2. The Morgan fingerprint density at radius 1 is 1.60 bits per heavy atom. The fraction of sp³-hybridized carbons (Fsp3) is 0.500. The number of hydrogen-bond acceptors (Lipinski definition) is 3. The van der Waals surface area contributed by atoms with Gasteiger partial charge < -0.3 is 10.6 Å². The Labute approximate surface area is 103 Å². The first-order valence-corrected chi connectivity index (χ1v) is 6.06. The van der Waals surface area contributed by atoms with Crippen molar-refractivity contribution in [2.24, 2.45) is 11.7 Å². The van der Waals surface area contributed by atoms with Crippen molar-refractivity contribution in [1.29, 1.82) is 0 Å². The van der Waals surface area contributed by atoms with Gasteiger partial charge in [0.25, 0.3) is 0 Å². The molecule has 1 aliphatic heterocycles. The van der Waals surface area contributed by atoms with Crippen LogP contribution in [-0.2, 0) is 0 Å². The summed E-state index contributed by atoms with van der Waals surface area (Å²) >= 11 is 9.31. The molecule has 0 aliphatic carbocycles. The van der Waals surface area contributed by atoms with E-state index < -0.39 is 0 Å². The highest BCUT2D eigenvalue weighted by Gasteiger charge is 2.28. The van der Waals surface area contributed by atoms with Crippen molar-refractivity contribution in [1.82, 2.24) is 4.98 Å². The lowest BCUT2D eigenvalue weighted by Gasteiger charge is -2.18. The fourth-order valence-electron chi connectivity index (χ4n) is 1.80. The topological polar surface area (TPSA) is 42.2 Å². The van der Waals surface area contributed by atoms with Crippen molar-refractivity contribution in [2.45, 2.75) is 13.0 Å². The van der Waals surface area contributed by atoms with Gasteiger partial charge in [-0.2, -0.15) is 0 Å². The van der Waals surface area contributed by atoms with E-state index >= 15 is 0 Å². The molecule has 1 fully saturated rings. The smallest absolute Gasteiger partial charge is 0.143 e. The number of hydrogen-bond donors (Lipinski definition) is 1. The first kappa shape index (κ1) is 11.2. The Morgan fingerprint density at radius 2 is 2.33 bits per heavy atom. The summed E-state index contributed by atoms with van der Waals surface area (Å²) in [6.07, 6.45) is 1.66. The maximum Gasteiger partial charge on any atom is 0.143 e. The molecule has 0 spiro atoms. The molecule has 15 heavy (non-hydrogen) atoms. The predicted octanol–water partition coefficient (Wildman–Crippen LogP) is 2.28. The first-order chi connectivity index (χ1) is 7.08. The van der Waals surface area contributed by atoms with E-state index in [1.807, 2.05) is 6.07 Å². The molecule has 1 aliphatic rings. The molecule has 82 valence electrons. The number of pyridine rings is 1. The van der Waals surface area contributed by atoms with Gasteiger partial charge in [0.2, 0.25) is 0 Å². The number of nitrogens with zero attached hydrogens (tertiary/aromatic N) is 2. The highest BCUT2D eigenvalue weighted by Crippen LogP contribution is 2.29. The number of rotatable bonds is 1. The van der Waals surface area contributed by atoms with E-state index in [1.54, 1.807) is 6.20 Å². The molecule has 2 N–H and O–H groups in total. The van der Waals surface area contributed by atoms with Crippen LogP contribution in [0.2, 0.25) is 5.02 Å². The Morgan fingerprint density at radius 3 is 2.87 bits per heavy atom. The van der Waals surface area contributed by atoms with Gasteiger partial charge in [0, 0.05) is 25.3 Å². The van der Waals surface area contributed by atoms with E-state index in [0.29, 0.717) is 10.9 Å². The van der Waals surface area contributed by atoms with E-state index in [1.165, 1.54) is 0 Å². The number of anilines is 1. The Kier molecular flexibility index (Phi) is 3.19. The molecule has 0 radical (unpaired) electrons. The summed E-state index contributed by atoms with van der Waals surface area (Å²) in [5, 5.41) is 0.641. The number of aromatic nitrogens is 1. The molecule has 3 nitrogen and oxygen atoms in total. The van der Waals surface area contributed by atoms with Crippen LogP contribution in [0.25, 0.3) is 0 Å². The van der Waals surface area contributed by atoms with Crippen LogP contribution in [0.1, 0.15) is 6.92 Å². The van der Waals surface area contributed by atoms with Gasteiger partial charge in [0.1, 0.15) is 5.82 Å². The number of nitrogens with two attached hydrogens (primary N) is 1. The molecule has 1 aromatic heterocycles. The third-order valence-electron chi connectivity index (χ3n) is 2.76. The molecule has 0 bridgehead atoms. The van der Waals surface area contributed by atoms with Gasteiger partial charge in [-0.05, 0) is 27.9 Å². The van der Waals surface area contributed by atoms with E-state index in [4.69, 9.17) is 17.3 Å². The van der Waals surface area contributed by atoms with Crippen LogP contribution >= 0.6 is 27.5 Å². The van der Waals surface area contributed by atoms with Gasteiger partial charge in [0.15, 0.2) is 0 Å². The Hall–Kier alpha value is -0.320. The second-order valence-electron chi connectivity index (χ2n) is 4.01. The molecule has 0 aromatic carbocycles. The molecule has 2 heterocycles. The van der Waals surface area contributed by atoms with Crippen molar-refractivity contribution in [2.75, 3.05) is 18.0 Å². The van der Waals surface area contributed by atoms with Gasteiger partial charge in [-0.15, -0.1) is 0 Å². The molecule has 1 saturated heterocycles. The van der Waals surface area contributed by atoms with Crippen LogP contribution in [0, 0.1) is 5.92 Å². The van der Waals surface area contributed by atoms with Gasteiger partial charge in [-0.25, -0.2) is 4.98 Å². The molecule has 2 unspecified atom stereocenters. The summed E-state index contributed by atoms with van der Waals surface area (Å²) < 4.78 is 0.927. The summed E-state index contributed by atoms with van der Waals surface area (Å²) in [7, 11) is 0. The first-order valence-electron chi connectivity index (χ1n) is 4.89. The maximum absolute atomic E-state index is 5.98. The van der Waals surface area contributed by atoms with Gasteiger partial charge >= 0.3 is 0 Å². The van der Waals surface area contributed by atoms with Crippen LogP contribution in [-0.4, -0.2) is 24.1 Å². The zero-order chi connectivity index (χ0) is 11.0. The molecule has 2 rings (SSSR count). The van der Waals surface area contributed by atoms with Crippen molar-refractivity contribution in [3.8, 4) is 0 Å². The summed E-state index contributed by atoms with van der Waals surface area (Å²) in [6, 6.07) is 2.09. The molecule has 0 saturated carbocycles. The minimum absolute atomic E-state index is 0.231. The monoisotopic (exact) mass is 289 g/mol. The van der Waals surface area contributed by atoms with Crippen LogP contribution in [0.4, 0.5) is 5.82 Å². The second kappa shape index (κ2) is 4.28. The molecule has 2 atom stereocenters. The summed E-state index contributed by atoms with van der Waals surface area (Å²) in [6.45, 7) is 3.97. The summed E-state index contributed by atoms with van der Waals surface area (Å²) in [5.74, 6) is 1.44. The summed E-state index contributed by atoms with van der Waals surface area (Å²) in [4.78, 5) is 6.51. The lowest BCUT2D eigenvalue weighted by molar-refractivity contribution is 0.566. The highest BCUT2D eigenvalue weighted by atomic mass is 79.9. The van der Waals surface area contributed by atoms with E-state index in [0.717, 1.165) is 23.4 Å². The van der Waals surface area contributed by atoms with Crippen LogP contribution < -0.4 is 10.6 Å².